The van der Waals surface area contributed by atoms with Crippen LogP contribution in [0.25, 0.3) is 0 Å². The minimum atomic E-state index is -0.568. The number of hydrogen-bond donors (Lipinski definition) is 0. The van der Waals surface area contributed by atoms with Crippen LogP contribution in [0.15, 0.2) is 5.18 Å². The van der Waals surface area contributed by atoms with E-state index in [1.54, 1.807) is 36.9 Å². The summed E-state index contributed by atoms with van der Waals surface area (Å²) in [6.45, 7) is 3.81. The zero-order chi connectivity index (χ0) is 6.62. The van der Waals surface area contributed by atoms with Crippen LogP contribution >= 0.6 is 23.0 Å². The van der Waals surface area contributed by atoms with E-state index in [2.05, 4.69) is 8.24 Å². The zero-order valence-corrected chi connectivity index (χ0v) is 7.01. The molecule has 0 spiro atoms. The minimum Gasteiger partial charge on any atom is -0.313 e. The van der Waals surface area contributed by atoms with Crippen molar-refractivity contribution in [2.75, 3.05) is 6.61 Å². The van der Waals surface area contributed by atoms with E-state index < -0.39 is 5.54 Å². The van der Waals surface area contributed by atoms with Gasteiger partial charge < -0.3 is 3.07 Å². The van der Waals surface area contributed by atoms with E-state index in [-0.39, 0.29) is 0 Å². The average Bonchev–Trinajstić information content (AvgIpc) is 1.67. The van der Waals surface area contributed by atoms with Gasteiger partial charge in [-0.3, -0.25) is 0 Å². The summed E-state index contributed by atoms with van der Waals surface area (Å²) in [6, 6.07) is 0. The highest BCUT2D eigenvalue weighted by molar-refractivity contribution is 14.1. The van der Waals surface area contributed by atoms with Gasteiger partial charge in [-0.25, -0.2) is 0 Å². The lowest BCUT2D eigenvalue weighted by atomic mass is 10.1. The van der Waals surface area contributed by atoms with E-state index in [1.807, 2.05) is 0 Å². The Hall–Kier alpha value is 0.290. The summed E-state index contributed by atoms with van der Waals surface area (Å²) in [5, 5.41) is 2.83. The van der Waals surface area contributed by atoms with Crippen molar-refractivity contribution in [2.24, 2.45) is 5.18 Å². The van der Waals surface area contributed by atoms with Gasteiger partial charge in [0.1, 0.15) is 28.5 Å². The molecule has 3 nitrogen and oxygen atoms in total. The van der Waals surface area contributed by atoms with Gasteiger partial charge in [0, 0.05) is 0 Å². The van der Waals surface area contributed by atoms with E-state index >= 15 is 0 Å². The van der Waals surface area contributed by atoms with Crippen LogP contribution < -0.4 is 0 Å². The minimum absolute atomic E-state index is 0.372. The van der Waals surface area contributed by atoms with Crippen LogP contribution in [0.2, 0.25) is 0 Å². The summed E-state index contributed by atoms with van der Waals surface area (Å²) >= 11 is 1.74. The first kappa shape index (κ1) is 8.29. The van der Waals surface area contributed by atoms with Gasteiger partial charge in [0.15, 0.2) is 0 Å². The second-order valence-electron chi connectivity index (χ2n) is 2.16. The number of rotatable bonds is 3. The van der Waals surface area contributed by atoms with Crippen LogP contribution in [0.4, 0.5) is 0 Å². The Labute approximate surface area is 62.5 Å². The number of nitrogens with zero attached hydrogens (tertiary/aromatic N) is 1. The molecule has 0 radical (unpaired) electrons. The van der Waals surface area contributed by atoms with Gasteiger partial charge in [-0.05, 0) is 13.8 Å². The number of hydrogen-bond acceptors (Lipinski definition) is 3. The lowest BCUT2D eigenvalue weighted by molar-refractivity contribution is 0.314. The normalized spacial score (nSPS) is 11.4. The van der Waals surface area contributed by atoms with Crippen LogP contribution in [0.5, 0.6) is 0 Å². The Balaban J connectivity index is 3.53. The largest absolute Gasteiger partial charge is 0.313 e. The Morgan fingerprint density at radius 1 is 1.75 bits per heavy atom. The Bertz CT molecular complexity index is 84.1. The zero-order valence-electron chi connectivity index (χ0n) is 4.85. The maximum Gasteiger partial charge on any atom is 0.121 e. The Morgan fingerprint density at radius 2 is 2.25 bits per heavy atom. The first-order valence-corrected chi connectivity index (χ1v) is 3.08. The third-order valence-corrected chi connectivity index (χ3v) is 0.966. The molecule has 0 atom stereocenters. The van der Waals surface area contributed by atoms with Gasteiger partial charge in [-0.1, -0.05) is 5.18 Å². The van der Waals surface area contributed by atoms with Crippen LogP contribution in [-0.4, -0.2) is 12.1 Å². The second kappa shape index (κ2) is 3.34. The van der Waals surface area contributed by atoms with Crippen LogP contribution in [0, 0.1) is 4.91 Å². The molecule has 0 aliphatic heterocycles. The second-order valence-corrected chi connectivity index (χ2v) is 2.78. The van der Waals surface area contributed by atoms with Crippen molar-refractivity contribution in [3.63, 3.8) is 0 Å². The monoisotopic (exact) mass is 229 g/mol. The molecule has 48 valence electrons. The van der Waals surface area contributed by atoms with E-state index in [0.717, 1.165) is 0 Å². The number of nitroso groups, excluding NO2 is 1. The molecular formula is C4H8INO2. The third-order valence-electron chi connectivity index (χ3n) is 0.655. The van der Waals surface area contributed by atoms with Gasteiger partial charge in [0.25, 0.3) is 0 Å². The quantitative estimate of drug-likeness (QED) is 0.547. The van der Waals surface area contributed by atoms with Crippen molar-refractivity contribution in [1.29, 1.82) is 0 Å². The predicted octanol–water partition coefficient (Wildman–Crippen LogP) is 1.90. The van der Waals surface area contributed by atoms with Crippen molar-refractivity contribution in [1.82, 2.24) is 0 Å². The molecule has 0 amide bonds. The van der Waals surface area contributed by atoms with E-state index in [1.165, 1.54) is 0 Å². The van der Waals surface area contributed by atoms with Gasteiger partial charge in [0.2, 0.25) is 0 Å². The molecular weight excluding hydrogens is 221 g/mol. The molecule has 0 unspecified atom stereocenters. The SMILES string of the molecule is CC(C)(COI)N=O. The topological polar surface area (TPSA) is 38.7 Å². The Morgan fingerprint density at radius 3 is 2.38 bits per heavy atom. The van der Waals surface area contributed by atoms with Crippen LogP contribution in [-0.2, 0) is 3.07 Å². The van der Waals surface area contributed by atoms with Crippen molar-refractivity contribution in [3.8, 4) is 0 Å². The molecule has 0 heterocycles. The molecule has 0 aliphatic rings. The van der Waals surface area contributed by atoms with Crippen molar-refractivity contribution < 1.29 is 3.07 Å². The molecule has 0 rings (SSSR count). The van der Waals surface area contributed by atoms with Gasteiger partial charge >= 0.3 is 0 Å². The molecule has 0 saturated heterocycles. The maximum absolute atomic E-state index is 9.88. The summed E-state index contributed by atoms with van der Waals surface area (Å²) in [5.41, 5.74) is -0.568. The molecule has 0 aromatic carbocycles. The van der Waals surface area contributed by atoms with Crippen molar-refractivity contribution in [2.45, 2.75) is 19.4 Å². The fourth-order valence-electron chi connectivity index (χ4n) is 0.160. The highest BCUT2D eigenvalue weighted by atomic mass is 127. The molecule has 0 aromatic rings. The standard InChI is InChI=1S/C4H8INO2/c1-4(2,6-7)3-8-5/h3H2,1-2H3. The number of halogens is 1. The average molecular weight is 229 g/mol. The summed E-state index contributed by atoms with van der Waals surface area (Å²) in [4.78, 5) is 9.88. The first-order valence-electron chi connectivity index (χ1n) is 2.20. The lowest BCUT2D eigenvalue weighted by Gasteiger charge is -2.10. The van der Waals surface area contributed by atoms with Gasteiger partial charge in [-0.2, -0.15) is 4.91 Å². The molecule has 4 heteroatoms. The lowest BCUT2D eigenvalue weighted by Crippen LogP contribution is -2.21. The highest BCUT2D eigenvalue weighted by Gasteiger charge is 2.17. The van der Waals surface area contributed by atoms with Crippen LogP contribution in [0.3, 0.4) is 0 Å². The summed E-state index contributed by atoms with van der Waals surface area (Å²) in [7, 11) is 0. The predicted molar refractivity (Wildman–Crippen MR) is 39.8 cm³/mol. The van der Waals surface area contributed by atoms with Crippen molar-refractivity contribution >= 4 is 23.0 Å². The third kappa shape index (κ3) is 3.31. The summed E-state index contributed by atoms with van der Waals surface area (Å²) < 4.78 is 4.67. The molecule has 8 heavy (non-hydrogen) atoms. The molecule has 0 aliphatic carbocycles. The van der Waals surface area contributed by atoms with E-state index in [0.29, 0.717) is 6.61 Å². The van der Waals surface area contributed by atoms with E-state index in [4.69, 9.17) is 0 Å². The molecule has 0 N–H and O–H groups in total. The smallest absolute Gasteiger partial charge is 0.121 e. The van der Waals surface area contributed by atoms with Crippen molar-refractivity contribution in [3.05, 3.63) is 4.91 Å². The molecule has 0 saturated carbocycles. The fraction of sp³-hybridized carbons (Fsp3) is 1.00. The first-order chi connectivity index (χ1) is 3.62. The van der Waals surface area contributed by atoms with Gasteiger partial charge in [0.05, 0.1) is 6.61 Å². The summed E-state index contributed by atoms with van der Waals surface area (Å²) in [5.74, 6) is 0. The molecule has 0 aromatic heterocycles. The van der Waals surface area contributed by atoms with Crippen LogP contribution in [0.1, 0.15) is 13.8 Å². The molecule has 0 fully saturated rings. The summed E-state index contributed by atoms with van der Waals surface area (Å²) in [6.07, 6.45) is 0. The highest BCUT2D eigenvalue weighted by Crippen LogP contribution is 2.09. The fourth-order valence-corrected chi connectivity index (χ4v) is 0.922. The molecule has 0 bridgehead atoms. The van der Waals surface area contributed by atoms with Gasteiger partial charge in [-0.15, -0.1) is 0 Å². The Kier molecular flexibility index (Phi) is 3.46. The van der Waals surface area contributed by atoms with E-state index in [9.17, 15) is 4.91 Å². The maximum atomic E-state index is 9.88.